The van der Waals surface area contributed by atoms with Crippen molar-refractivity contribution < 1.29 is 14.3 Å². The average Bonchev–Trinajstić information content (AvgIpc) is 3.14. The fourth-order valence-electron chi connectivity index (χ4n) is 3.97. The summed E-state index contributed by atoms with van der Waals surface area (Å²) in [5.41, 5.74) is 0. The molecule has 2 N–H and O–H groups in total. The zero-order valence-electron chi connectivity index (χ0n) is 14.8. The Bertz CT molecular complexity index is 465. The van der Waals surface area contributed by atoms with Gasteiger partial charge in [0.25, 0.3) is 0 Å². The Morgan fingerprint density at radius 3 is 2.67 bits per heavy atom. The lowest BCUT2D eigenvalue weighted by Gasteiger charge is -2.33. The van der Waals surface area contributed by atoms with Gasteiger partial charge in [-0.15, -0.1) is 0 Å². The molecule has 24 heavy (non-hydrogen) atoms. The third-order valence-electron chi connectivity index (χ3n) is 5.32. The molecule has 3 aliphatic rings. The molecule has 0 unspecified atom stereocenters. The minimum absolute atomic E-state index is 0.00821. The van der Waals surface area contributed by atoms with Crippen LogP contribution in [-0.4, -0.2) is 80.3 Å². The van der Waals surface area contributed by atoms with Gasteiger partial charge in [-0.1, -0.05) is 12.8 Å². The van der Waals surface area contributed by atoms with Gasteiger partial charge in [-0.3, -0.25) is 4.79 Å². The Kier molecular flexibility index (Phi) is 5.61. The van der Waals surface area contributed by atoms with Gasteiger partial charge >= 0.3 is 6.03 Å². The highest BCUT2D eigenvalue weighted by atomic mass is 16.5. The number of hydrogen-bond donors (Lipinski definition) is 2. The maximum atomic E-state index is 12.4. The van der Waals surface area contributed by atoms with Crippen molar-refractivity contribution in [3.8, 4) is 0 Å². The van der Waals surface area contributed by atoms with Crippen LogP contribution in [0.2, 0.25) is 0 Å². The minimum atomic E-state index is -0.169. The molecule has 1 aliphatic carbocycles. The van der Waals surface area contributed by atoms with E-state index in [-0.39, 0.29) is 30.1 Å². The molecule has 2 saturated heterocycles. The molecule has 3 atom stereocenters. The summed E-state index contributed by atoms with van der Waals surface area (Å²) in [6.07, 6.45) is 5.11. The molecule has 3 fully saturated rings. The second-order valence-corrected chi connectivity index (χ2v) is 7.57. The van der Waals surface area contributed by atoms with Crippen molar-refractivity contribution >= 4 is 11.9 Å². The number of rotatable bonds is 5. The fraction of sp³-hybridized carbons (Fsp3) is 0.882. The van der Waals surface area contributed by atoms with Crippen molar-refractivity contribution in [1.29, 1.82) is 0 Å². The Morgan fingerprint density at radius 1 is 1.21 bits per heavy atom. The minimum Gasteiger partial charge on any atom is -0.370 e. The molecule has 0 aromatic carbocycles. The number of hydrogen-bond acceptors (Lipinski definition) is 4. The summed E-state index contributed by atoms with van der Waals surface area (Å²) in [5.74, 6) is -0.0798. The van der Waals surface area contributed by atoms with Crippen molar-refractivity contribution in [3.63, 3.8) is 0 Å². The van der Waals surface area contributed by atoms with Gasteiger partial charge in [0.05, 0.1) is 18.1 Å². The highest BCUT2D eigenvalue weighted by Gasteiger charge is 2.45. The number of ether oxygens (including phenoxy) is 1. The summed E-state index contributed by atoms with van der Waals surface area (Å²) in [7, 11) is 3.97. The maximum absolute atomic E-state index is 12.4. The smallest absolute Gasteiger partial charge is 0.317 e. The number of morpholine rings is 1. The fourth-order valence-corrected chi connectivity index (χ4v) is 3.97. The number of nitrogens with one attached hydrogen (secondary N) is 2. The highest BCUT2D eigenvalue weighted by Crippen LogP contribution is 2.32. The second-order valence-electron chi connectivity index (χ2n) is 7.57. The van der Waals surface area contributed by atoms with Gasteiger partial charge in [-0.2, -0.15) is 0 Å². The average molecular weight is 338 g/mol. The first-order valence-corrected chi connectivity index (χ1v) is 9.16. The third-order valence-corrected chi connectivity index (χ3v) is 5.32. The zero-order valence-corrected chi connectivity index (χ0v) is 14.8. The van der Waals surface area contributed by atoms with Crippen LogP contribution in [0.3, 0.4) is 0 Å². The van der Waals surface area contributed by atoms with E-state index in [9.17, 15) is 9.59 Å². The molecular formula is C17H30N4O3. The van der Waals surface area contributed by atoms with Crippen molar-refractivity contribution in [2.45, 2.75) is 50.4 Å². The summed E-state index contributed by atoms with van der Waals surface area (Å²) < 4.78 is 5.92. The molecule has 0 aromatic rings. The van der Waals surface area contributed by atoms with Crippen molar-refractivity contribution in [2.24, 2.45) is 5.92 Å². The van der Waals surface area contributed by atoms with Crippen LogP contribution in [0, 0.1) is 5.92 Å². The monoisotopic (exact) mass is 338 g/mol. The van der Waals surface area contributed by atoms with E-state index < -0.39 is 0 Å². The summed E-state index contributed by atoms with van der Waals surface area (Å²) in [6.45, 7) is 2.58. The summed E-state index contributed by atoms with van der Waals surface area (Å²) in [6, 6.07) is 0.331. The van der Waals surface area contributed by atoms with E-state index in [1.807, 2.05) is 23.9 Å². The van der Waals surface area contributed by atoms with E-state index in [0.717, 1.165) is 19.4 Å². The van der Waals surface area contributed by atoms with Gasteiger partial charge in [-0.25, -0.2) is 4.79 Å². The Hall–Kier alpha value is -1.34. The van der Waals surface area contributed by atoms with E-state index in [0.29, 0.717) is 32.1 Å². The number of likely N-dealkylation sites (N-methyl/N-ethyl adjacent to an activating group) is 1. The van der Waals surface area contributed by atoms with Crippen LogP contribution < -0.4 is 10.6 Å². The Balaban J connectivity index is 1.48. The zero-order chi connectivity index (χ0) is 17.1. The van der Waals surface area contributed by atoms with Gasteiger partial charge < -0.3 is 25.2 Å². The molecule has 0 spiro atoms. The summed E-state index contributed by atoms with van der Waals surface area (Å²) in [4.78, 5) is 28.7. The second kappa shape index (κ2) is 7.70. The topological polar surface area (TPSA) is 73.9 Å². The molecule has 1 saturated carbocycles. The van der Waals surface area contributed by atoms with Gasteiger partial charge in [0.1, 0.15) is 0 Å². The van der Waals surface area contributed by atoms with E-state index >= 15 is 0 Å². The Morgan fingerprint density at radius 2 is 1.96 bits per heavy atom. The van der Waals surface area contributed by atoms with Crippen LogP contribution in [0.25, 0.3) is 0 Å². The van der Waals surface area contributed by atoms with Gasteiger partial charge in [0, 0.05) is 32.2 Å². The van der Waals surface area contributed by atoms with Crippen LogP contribution in [-0.2, 0) is 9.53 Å². The first-order chi connectivity index (χ1) is 11.5. The molecule has 7 nitrogen and oxygen atoms in total. The largest absolute Gasteiger partial charge is 0.370 e. The maximum Gasteiger partial charge on any atom is 0.317 e. The van der Waals surface area contributed by atoms with Crippen LogP contribution in [0.1, 0.15) is 32.1 Å². The number of likely N-dealkylation sites (tertiary alicyclic amines) is 1. The predicted octanol–water partition coefficient (Wildman–Crippen LogP) is 0.406. The van der Waals surface area contributed by atoms with E-state index in [2.05, 4.69) is 10.6 Å². The highest BCUT2D eigenvalue weighted by molar-refractivity contribution is 5.80. The Labute approximate surface area is 144 Å². The number of fused-ring (bicyclic) bond motifs is 2. The first kappa shape index (κ1) is 17.5. The van der Waals surface area contributed by atoms with Crippen LogP contribution in [0.4, 0.5) is 4.79 Å². The molecule has 3 amide bonds. The normalized spacial score (nSPS) is 30.0. The predicted molar refractivity (Wildman–Crippen MR) is 90.7 cm³/mol. The van der Waals surface area contributed by atoms with Gasteiger partial charge in [0.15, 0.2) is 0 Å². The lowest BCUT2D eigenvalue weighted by molar-refractivity contribution is -0.127. The van der Waals surface area contributed by atoms with E-state index in [4.69, 9.17) is 4.74 Å². The third kappa shape index (κ3) is 4.19. The van der Waals surface area contributed by atoms with Crippen molar-refractivity contribution in [3.05, 3.63) is 0 Å². The lowest BCUT2D eigenvalue weighted by atomic mass is 9.99. The number of carbonyl (C=O) groups is 2. The van der Waals surface area contributed by atoms with E-state index in [1.54, 1.807) is 0 Å². The van der Waals surface area contributed by atoms with Crippen LogP contribution in [0.15, 0.2) is 0 Å². The number of urea groups is 1. The van der Waals surface area contributed by atoms with Crippen molar-refractivity contribution in [2.75, 3.05) is 40.3 Å². The molecule has 2 heterocycles. The molecule has 0 radical (unpaired) electrons. The van der Waals surface area contributed by atoms with Crippen LogP contribution in [0.5, 0.6) is 0 Å². The quantitative estimate of drug-likeness (QED) is 0.761. The summed E-state index contributed by atoms with van der Waals surface area (Å²) in [5, 5.41) is 6.13. The van der Waals surface area contributed by atoms with Gasteiger partial charge in [0.2, 0.25) is 5.91 Å². The number of carbonyl (C=O) groups excluding carboxylic acids is 2. The standard InChI is InChI=1S/C17H30N4O3/c1-20(2)8-7-18-16(22)14-9-13-10-21(11-15(14)24-13)17(23)19-12-5-3-4-6-12/h12-15H,3-11H2,1-2H3,(H,18,22)(H,19,23)/t13-,14+,15-/m1/s1. The lowest BCUT2D eigenvalue weighted by Crippen LogP contribution is -2.52. The molecular weight excluding hydrogens is 308 g/mol. The number of nitrogens with zero attached hydrogens (tertiary/aromatic N) is 2. The molecule has 3 rings (SSSR count). The molecule has 136 valence electrons. The first-order valence-electron chi connectivity index (χ1n) is 9.16. The molecule has 7 heteroatoms. The van der Waals surface area contributed by atoms with Crippen LogP contribution >= 0.6 is 0 Å². The van der Waals surface area contributed by atoms with E-state index in [1.165, 1.54) is 12.8 Å². The van der Waals surface area contributed by atoms with Crippen molar-refractivity contribution in [1.82, 2.24) is 20.4 Å². The number of amides is 3. The molecule has 0 aromatic heterocycles. The van der Waals surface area contributed by atoms with Gasteiger partial charge in [-0.05, 0) is 33.4 Å². The molecule has 2 aliphatic heterocycles. The molecule has 2 bridgehead atoms. The summed E-state index contributed by atoms with van der Waals surface area (Å²) >= 11 is 0. The SMILES string of the molecule is CN(C)CCNC(=O)[C@H]1C[C@@H]2CN(C(=O)NC3CCCC3)C[C@H]1O2.